The molecular weight excluding hydrogens is 128 g/mol. The average Bonchev–Trinajstić information content (AvgIpc) is 2.34. The standard InChI is InChI=1S/C7H6N2O/c10-7-1-3-9-4-2-8-5-6(7)9/h1-5,10H. The fourth-order valence-electron chi connectivity index (χ4n) is 0.936. The molecule has 2 aromatic heterocycles. The normalized spacial score (nSPS) is 10.4. The topological polar surface area (TPSA) is 37.5 Å². The van der Waals surface area contributed by atoms with Gasteiger partial charge >= 0.3 is 0 Å². The third-order valence-corrected chi connectivity index (χ3v) is 1.44. The highest BCUT2D eigenvalue weighted by atomic mass is 16.3. The van der Waals surface area contributed by atoms with Gasteiger partial charge < -0.3 is 9.51 Å². The van der Waals surface area contributed by atoms with Crippen molar-refractivity contribution in [1.82, 2.24) is 9.38 Å². The lowest BCUT2D eigenvalue weighted by molar-refractivity contribution is 0.482. The molecule has 3 nitrogen and oxygen atoms in total. The van der Waals surface area contributed by atoms with Crippen molar-refractivity contribution in [2.24, 2.45) is 0 Å². The van der Waals surface area contributed by atoms with Gasteiger partial charge in [-0.25, -0.2) is 0 Å². The molecule has 0 radical (unpaired) electrons. The second-order valence-corrected chi connectivity index (χ2v) is 2.07. The molecule has 2 heterocycles. The number of aromatic nitrogens is 2. The summed E-state index contributed by atoms with van der Waals surface area (Å²) in [6.07, 6.45) is 6.86. The Hall–Kier alpha value is -1.51. The highest BCUT2D eigenvalue weighted by Crippen LogP contribution is 2.16. The third-order valence-electron chi connectivity index (χ3n) is 1.44. The lowest BCUT2D eigenvalue weighted by atomic mass is 10.5. The zero-order valence-corrected chi connectivity index (χ0v) is 5.23. The minimum Gasteiger partial charge on any atom is -0.506 e. The summed E-state index contributed by atoms with van der Waals surface area (Å²) in [6, 6.07) is 1.64. The maximum atomic E-state index is 9.15. The van der Waals surface area contributed by atoms with Crippen LogP contribution in [0, 0.1) is 0 Å². The van der Waals surface area contributed by atoms with Gasteiger partial charge in [0.1, 0.15) is 11.3 Å². The van der Waals surface area contributed by atoms with E-state index < -0.39 is 0 Å². The van der Waals surface area contributed by atoms with Gasteiger partial charge in [0.05, 0.1) is 6.20 Å². The summed E-state index contributed by atoms with van der Waals surface area (Å²) in [7, 11) is 0. The summed E-state index contributed by atoms with van der Waals surface area (Å²) in [5.41, 5.74) is 0.738. The van der Waals surface area contributed by atoms with Crippen LogP contribution in [0.25, 0.3) is 5.52 Å². The first-order chi connectivity index (χ1) is 4.88. The van der Waals surface area contributed by atoms with Crippen molar-refractivity contribution in [3.8, 4) is 5.75 Å². The van der Waals surface area contributed by atoms with Crippen LogP contribution >= 0.6 is 0 Å². The van der Waals surface area contributed by atoms with Gasteiger partial charge in [0, 0.05) is 18.6 Å². The molecule has 0 amide bonds. The van der Waals surface area contributed by atoms with E-state index in [1.165, 1.54) is 0 Å². The van der Waals surface area contributed by atoms with Crippen LogP contribution in [0.15, 0.2) is 30.9 Å². The van der Waals surface area contributed by atoms with Gasteiger partial charge in [-0.15, -0.1) is 0 Å². The molecule has 10 heavy (non-hydrogen) atoms. The molecule has 0 aromatic carbocycles. The molecule has 0 fully saturated rings. The Morgan fingerprint density at radius 2 is 2.30 bits per heavy atom. The minimum atomic E-state index is 0.271. The molecule has 50 valence electrons. The van der Waals surface area contributed by atoms with Crippen LogP contribution in [-0.4, -0.2) is 14.5 Å². The summed E-state index contributed by atoms with van der Waals surface area (Å²) in [5.74, 6) is 0.271. The van der Waals surface area contributed by atoms with Gasteiger partial charge in [0.15, 0.2) is 0 Å². The lowest BCUT2D eigenvalue weighted by Gasteiger charge is -1.90. The molecule has 2 rings (SSSR count). The van der Waals surface area contributed by atoms with Crippen LogP contribution in [0.4, 0.5) is 0 Å². The fraction of sp³-hybridized carbons (Fsp3) is 0. The van der Waals surface area contributed by atoms with Crippen LogP contribution in [0.2, 0.25) is 0 Å². The second kappa shape index (κ2) is 1.73. The molecule has 2 aromatic rings. The van der Waals surface area contributed by atoms with E-state index in [0.29, 0.717) is 0 Å². The predicted octanol–water partition coefficient (Wildman–Crippen LogP) is 1.04. The van der Waals surface area contributed by atoms with E-state index >= 15 is 0 Å². The maximum absolute atomic E-state index is 9.15. The Balaban J connectivity index is 2.93. The van der Waals surface area contributed by atoms with Crippen LogP contribution in [0.3, 0.4) is 0 Å². The van der Waals surface area contributed by atoms with Gasteiger partial charge in [-0.2, -0.15) is 0 Å². The number of aromatic hydroxyl groups is 1. The van der Waals surface area contributed by atoms with Crippen molar-refractivity contribution in [3.05, 3.63) is 30.9 Å². The monoisotopic (exact) mass is 134 g/mol. The van der Waals surface area contributed by atoms with Crippen LogP contribution < -0.4 is 0 Å². The first-order valence-corrected chi connectivity index (χ1v) is 2.97. The molecule has 1 N–H and O–H groups in total. The van der Waals surface area contributed by atoms with Crippen molar-refractivity contribution >= 4 is 5.52 Å². The third kappa shape index (κ3) is 0.572. The summed E-state index contributed by atoms with van der Waals surface area (Å²) in [5, 5.41) is 9.15. The Kier molecular flexibility index (Phi) is 0.917. The van der Waals surface area contributed by atoms with Gasteiger partial charge in [0.2, 0.25) is 0 Å². The molecule has 0 saturated carbocycles. The smallest absolute Gasteiger partial charge is 0.142 e. The van der Waals surface area contributed by atoms with Gasteiger partial charge in [-0.1, -0.05) is 0 Å². The summed E-state index contributed by atoms with van der Waals surface area (Å²) < 4.78 is 1.81. The van der Waals surface area contributed by atoms with Crippen molar-refractivity contribution in [2.75, 3.05) is 0 Å². The molecule has 0 saturated heterocycles. The number of fused-ring (bicyclic) bond motifs is 1. The molecule has 0 aliphatic heterocycles. The number of nitrogens with zero attached hydrogens (tertiary/aromatic N) is 2. The highest BCUT2D eigenvalue weighted by Gasteiger charge is 1.96. The van der Waals surface area contributed by atoms with E-state index in [1.54, 1.807) is 30.9 Å². The highest BCUT2D eigenvalue weighted by molar-refractivity contribution is 5.58. The predicted molar refractivity (Wildman–Crippen MR) is 36.9 cm³/mol. The quantitative estimate of drug-likeness (QED) is 0.584. The summed E-state index contributed by atoms with van der Waals surface area (Å²) in [4.78, 5) is 3.87. The van der Waals surface area contributed by atoms with Crippen LogP contribution in [0.1, 0.15) is 0 Å². The molecule has 0 aliphatic rings. The van der Waals surface area contributed by atoms with Crippen molar-refractivity contribution < 1.29 is 5.11 Å². The first-order valence-electron chi connectivity index (χ1n) is 2.97. The van der Waals surface area contributed by atoms with Crippen molar-refractivity contribution in [3.63, 3.8) is 0 Å². The lowest BCUT2D eigenvalue weighted by Crippen LogP contribution is -1.80. The summed E-state index contributed by atoms with van der Waals surface area (Å²) >= 11 is 0. The Labute approximate surface area is 57.6 Å². The van der Waals surface area contributed by atoms with Crippen molar-refractivity contribution in [2.45, 2.75) is 0 Å². The molecule has 0 unspecified atom stereocenters. The summed E-state index contributed by atoms with van der Waals surface area (Å²) in [6.45, 7) is 0. The Bertz CT molecular complexity index is 353. The van der Waals surface area contributed by atoms with Crippen LogP contribution in [0.5, 0.6) is 5.75 Å². The van der Waals surface area contributed by atoms with Gasteiger partial charge in [-0.05, 0) is 6.07 Å². The van der Waals surface area contributed by atoms with E-state index in [0.717, 1.165) is 5.52 Å². The second-order valence-electron chi connectivity index (χ2n) is 2.07. The van der Waals surface area contributed by atoms with Crippen molar-refractivity contribution in [1.29, 1.82) is 0 Å². The maximum Gasteiger partial charge on any atom is 0.142 e. The van der Waals surface area contributed by atoms with Gasteiger partial charge in [0.25, 0.3) is 0 Å². The molecule has 0 bridgehead atoms. The largest absolute Gasteiger partial charge is 0.506 e. The number of rotatable bonds is 0. The zero-order valence-electron chi connectivity index (χ0n) is 5.23. The molecule has 0 aliphatic carbocycles. The molecule has 0 spiro atoms. The van der Waals surface area contributed by atoms with E-state index in [9.17, 15) is 0 Å². The first kappa shape index (κ1) is 5.29. The molecular formula is C7H6N2O. The fourth-order valence-corrected chi connectivity index (χ4v) is 0.936. The van der Waals surface area contributed by atoms with Gasteiger partial charge in [-0.3, -0.25) is 4.98 Å². The van der Waals surface area contributed by atoms with E-state index in [1.807, 2.05) is 4.40 Å². The number of hydrogen-bond acceptors (Lipinski definition) is 2. The van der Waals surface area contributed by atoms with Crippen LogP contribution in [-0.2, 0) is 0 Å². The Morgan fingerprint density at radius 3 is 3.10 bits per heavy atom. The average molecular weight is 134 g/mol. The van der Waals surface area contributed by atoms with E-state index in [2.05, 4.69) is 4.98 Å². The SMILES string of the molecule is Oc1ccn2ccncc12. The zero-order chi connectivity index (χ0) is 6.97. The Morgan fingerprint density at radius 1 is 1.40 bits per heavy atom. The van der Waals surface area contributed by atoms with E-state index in [4.69, 9.17) is 5.11 Å². The molecule has 0 atom stereocenters. The minimum absolute atomic E-state index is 0.271. The van der Waals surface area contributed by atoms with E-state index in [-0.39, 0.29) is 5.75 Å². The number of hydrogen-bond donors (Lipinski definition) is 1. The molecule has 3 heteroatoms.